The van der Waals surface area contributed by atoms with Crippen LogP contribution in [0, 0.1) is 18.3 Å². The Balaban J connectivity index is 1.62. The van der Waals surface area contributed by atoms with Gasteiger partial charge in [0.15, 0.2) is 5.03 Å². The molecule has 3 heterocycles. The number of likely N-dealkylation sites (tertiary alicyclic amines) is 1. The fourth-order valence-electron chi connectivity index (χ4n) is 3.71. The zero-order valence-corrected chi connectivity index (χ0v) is 16.7. The van der Waals surface area contributed by atoms with Crippen molar-refractivity contribution in [3.63, 3.8) is 0 Å². The van der Waals surface area contributed by atoms with Gasteiger partial charge in [-0.25, -0.2) is 13.4 Å². The summed E-state index contributed by atoms with van der Waals surface area (Å²) >= 11 is 0. The zero-order valence-electron chi connectivity index (χ0n) is 15.9. The number of imidazole rings is 1. The van der Waals surface area contributed by atoms with Crippen LogP contribution in [0.4, 0.5) is 0 Å². The number of carbonyl (C=O) groups is 2. The number of carboxylic acids is 1. The molecule has 0 aliphatic carbocycles. The van der Waals surface area contributed by atoms with E-state index in [9.17, 15) is 23.1 Å². The minimum atomic E-state index is -3.66. The van der Waals surface area contributed by atoms with E-state index in [-0.39, 0.29) is 36.5 Å². The van der Waals surface area contributed by atoms with Crippen molar-refractivity contribution in [2.24, 2.45) is 18.4 Å². The van der Waals surface area contributed by atoms with Crippen LogP contribution in [0.5, 0.6) is 0 Å². The molecule has 9 nitrogen and oxygen atoms in total. The number of nitrogens with zero attached hydrogens (tertiary/aromatic N) is 4. The third-order valence-corrected chi connectivity index (χ3v) is 7.57. The van der Waals surface area contributed by atoms with E-state index in [4.69, 9.17) is 0 Å². The number of aliphatic carboxylic acids is 1. The molecule has 0 saturated carbocycles. The smallest absolute Gasteiger partial charge is 0.311 e. The number of amides is 1. The SMILES string of the molecule is Cc1nc(S(=O)(=O)N2CCC(C(=O)N3CCC(C)(C(=O)O)C3)CC2)cn1C. The second-order valence-electron chi connectivity index (χ2n) is 7.79. The highest BCUT2D eigenvalue weighted by atomic mass is 32.2. The van der Waals surface area contributed by atoms with Crippen molar-refractivity contribution < 1.29 is 23.1 Å². The van der Waals surface area contributed by atoms with Crippen LogP contribution >= 0.6 is 0 Å². The standard InChI is InChI=1S/C17H26N4O5S/c1-12-18-14(10-19(12)3)27(25,26)21-7-4-13(5-8-21)15(22)20-9-6-17(2,11-20)16(23)24/h10,13H,4-9,11H2,1-3H3,(H,23,24). The molecule has 1 N–H and O–H groups in total. The van der Waals surface area contributed by atoms with Crippen LogP contribution in [0.3, 0.4) is 0 Å². The third kappa shape index (κ3) is 3.60. The average Bonchev–Trinajstić information content (AvgIpc) is 3.19. The second-order valence-corrected chi connectivity index (χ2v) is 9.68. The monoisotopic (exact) mass is 398 g/mol. The van der Waals surface area contributed by atoms with E-state index in [1.54, 1.807) is 30.4 Å². The molecule has 1 atom stereocenters. The Morgan fingerprint density at radius 3 is 2.37 bits per heavy atom. The summed E-state index contributed by atoms with van der Waals surface area (Å²) in [6.45, 7) is 4.58. The highest BCUT2D eigenvalue weighted by Crippen LogP contribution is 2.33. The molecular formula is C17H26N4O5S. The number of aryl methyl sites for hydroxylation is 2. The van der Waals surface area contributed by atoms with Crippen LogP contribution in [0.25, 0.3) is 0 Å². The van der Waals surface area contributed by atoms with Crippen molar-refractivity contribution in [2.45, 2.75) is 38.1 Å². The summed E-state index contributed by atoms with van der Waals surface area (Å²) in [4.78, 5) is 29.8. The predicted molar refractivity (Wildman–Crippen MR) is 96.4 cm³/mol. The van der Waals surface area contributed by atoms with Crippen molar-refractivity contribution in [1.82, 2.24) is 18.8 Å². The van der Waals surface area contributed by atoms with E-state index in [1.807, 2.05) is 0 Å². The first kappa shape index (κ1) is 19.8. The van der Waals surface area contributed by atoms with Crippen LogP contribution in [0.15, 0.2) is 11.2 Å². The summed E-state index contributed by atoms with van der Waals surface area (Å²) in [6.07, 6.45) is 2.81. The largest absolute Gasteiger partial charge is 0.481 e. The number of hydrogen-bond acceptors (Lipinski definition) is 5. The Morgan fingerprint density at radius 2 is 1.89 bits per heavy atom. The first-order valence-electron chi connectivity index (χ1n) is 9.07. The lowest BCUT2D eigenvalue weighted by molar-refractivity contribution is -0.147. The molecule has 0 aromatic carbocycles. The maximum Gasteiger partial charge on any atom is 0.311 e. The lowest BCUT2D eigenvalue weighted by Gasteiger charge is -2.32. The summed E-state index contributed by atoms with van der Waals surface area (Å²) in [7, 11) is -1.92. The Labute approximate surface area is 159 Å². The van der Waals surface area contributed by atoms with Gasteiger partial charge < -0.3 is 14.6 Å². The van der Waals surface area contributed by atoms with E-state index >= 15 is 0 Å². The minimum absolute atomic E-state index is 0.0315. The van der Waals surface area contributed by atoms with E-state index in [0.29, 0.717) is 31.6 Å². The Kier molecular flexibility index (Phi) is 5.06. The van der Waals surface area contributed by atoms with Gasteiger partial charge in [-0.15, -0.1) is 0 Å². The molecule has 2 fully saturated rings. The van der Waals surface area contributed by atoms with Gasteiger partial charge in [0.2, 0.25) is 5.91 Å². The zero-order chi connectivity index (χ0) is 20.0. The maximum absolute atomic E-state index is 12.7. The van der Waals surface area contributed by atoms with Crippen LogP contribution in [-0.4, -0.2) is 70.3 Å². The van der Waals surface area contributed by atoms with Gasteiger partial charge >= 0.3 is 5.97 Å². The van der Waals surface area contributed by atoms with Gasteiger partial charge in [-0.05, 0) is 33.1 Å². The second kappa shape index (κ2) is 6.90. The molecule has 1 aromatic rings. The maximum atomic E-state index is 12.7. The molecule has 2 aliphatic heterocycles. The fourth-order valence-corrected chi connectivity index (χ4v) is 5.20. The summed E-state index contributed by atoms with van der Waals surface area (Å²) in [6, 6.07) is 0. The molecule has 1 amide bonds. The number of carboxylic acid groups (broad SMARTS) is 1. The van der Waals surface area contributed by atoms with Crippen LogP contribution < -0.4 is 0 Å². The Bertz CT molecular complexity index is 837. The lowest BCUT2D eigenvalue weighted by atomic mass is 9.90. The molecule has 0 spiro atoms. The van der Waals surface area contributed by atoms with Crippen molar-refractivity contribution >= 4 is 21.9 Å². The molecule has 1 aromatic heterocycles. The molecule has 0 bridgehead atoms. The van der Waals surface area contributed by atoms with E-state index < -0.39 is 21.4 Å². The first-order valence-corrected chi connectivity index (χ1v) is 10.5. The number of sulfonamides is 1. The van der Waals surface area contributed by atoms with Crippen molar-refractivity contribution in [3.8, 4) is 0 Å². The molecule has 27 heavy (non-hydrogen) atoms. The third-order valence-electron chi connectivity index (χ3n) is 5.80. The number of carbonyl (C=O) groups excluding carboxylic acids is 1. The summed E-state index contributed by atoms with van der Waals surface area (Å²) in [5.41, 5.74) is -0.892. The first-order chi connectivity index (χ1) is 12.5. The Morgan fingerprint density at radius 1 is 1.26 bits per heavy atom. The highest BCUT2D eigenvalue weighted by molar-refractivity contribution is 7.89. The molecule has 150 valence electrons. The molecule has 0 radical (unpaired) electrons. The molecule has 3 rings (SSSR count). The van der Waals surface area contributed by atoms with Crippen LogP contribution in [-0.2, 0) is 26.7 Å². The molecule has 2 aliphatic rings. The van der Waals surface area contributed by atoms with Gasteiger partial charge in [0.25, 0.3) is 10.0 Å². The minimum Gasteiger partial charge on any atom is -0.481 e. The number of rotatable bonds is 4. The van der Waals surface area contributed by atoms with E-state index in [1.165, 1.54) is 10.5 Å². The number of hydrogen-bond donors (Lipinski definition) is 1. The van der Waals surface area contributed by atoms with E-state index in [0.717, 1.165) is 0 Å². The molecular weight excluding hydrogens is 372 g/mol. The predicted octanol–water partition coefficient (Wildman–Crippen LogP) is 0.452. The van der Waals surface area contributed by atoms with E-state index in [2.05, 4.69) is 4.98 Å². The van der Waals surface area contributed by atoms with Gasteiger partial charge in [0.1, 0.15) is 5.82 Å². The van der Waals surface area contributed by atoms with Crippen molar-refractivity contribution in [2.75, 3.05) is 26.2 Å². The fraction of sp³-hybridized carbons (Fsp3) is 0.706. The highest BCUT2D eigenvalue weighted by Gasteiger charge is 2.44. The summed E-state index contributed by atoms with van der Waals surface area (Å²) in [5, 5.41) is 9.35. The molecule has 1 unspecified atom stereocenters. The number of aromatic nitrogens is 2. The molecule has 2 saturated heterocycles. The average molecular weight is 398 g/mol. The molecule has 10 heteroatoms. The van der Waals surface area contributed by atoms with Gasteiger partial charge in [-0.1, -0.05) is 0 Å². The summed E-state index contributed by atoms with van der Waals surface area (Å²) in [5.74, 6) is -0.595. The van der Waals surface area contributed by atoms with Crippen molar-refractivity contribution in [3.05, 3.63) is 12.0 Å². The van der Waals surface area contributed by atoms with Crippen LogP contribution in [0.2, 0.25) is 0 Å². The van der Waals surface area contributed by atoms with Gasteiger partial charge in [0.05, 0.1) is 5.41 Å². The van der Waals surface area contributed by atoms with Gasteiger partial charge in [0, 0.05) is 45.3 Å². The normalized spacial score (nSPS) is 25.1. The van der Waals surface area contributed by atoms with Gasteiger partial charge in [-0.2, -0.15) is 4.31 Å². The topological polar surface area (TPSA) is 113 Å². The Hall–Kier alpha value is -1.94. The quantitative estimate of drug-likeness (QED) is 0.788. The van der Waals surface area contributed by atoms with Crippen molar-refractivity contribution in [1.29, 1.82) is 0 Å². The van der Waals surface area contributed by atoms with Gasteiger partial charge in [-0.3, -0.25) is 9.59 Å². The summed E-state index contributed by atoms with van der Waals surface area (Å²) < 4.78 is 28.5. The lowest BCUT2D eigenvalue weighted by Crippen LogP contribution is -2.44. The van der Waals surface area contributed by atoms with Crippen LogP contribution in [0.1, 0.15) is 32.0 Å². The number of piperidine rings is 1.